The van der Waals surface area contributed by atoms with Gasteiger partial charge in [0.2, 0.25) is 5.91 Å². The van der Waals surface area contributed by atoms with E-state index in [4.69, 9.17) is 0 Å². The Morgan fingerprint density at radius 1 is 1.40 bits per heavy atom. The van der Waals surface area contributed by atoms with Crippen LogP contribution in [0.25, 0.3) is 5.65 Å². The third kappa shape index (κ3) is 3.92. The lowest BCUT2D eigenvalue weighted by atomic mass is 9.93. The van der Waals surface area contributed by atoms with E-state index in [0.717, 1.165) is 13.1 Å². The summed E-state index contributed by atoms with van der Waals surface area (Å²) in [5.41, 5.74) is 0.145. The van der Waals surface area contributed by atoms with E-state index in [-0.39, 0.29) is 23.7 Å². The summed E-state index contributed by atoms with van der Waals surface area (Å²) in [5, 5.41) is 7.16. The third-order valence-electron chi connectivity index (χ3n) is 5.01. The van der Waals surface area contributed by atoms with Gasteiger partial charge >= 0.3 is 5.69 Å². The first-order valence-electron chi connectivity index (χ1n) is 8.93. The molecule has 1 N–H and O–H groups in total. The SMILES string of the molecule is CC1CCCN(C(C)(C)CNC(=O)Cn2nc3ccccn3c2=O)C1. The predicted octanol–water partition coefficient (Wildman–Crippen LogP) is 1.12. The molecule has 25 heavy (non-hydrogen) atoms. The maximum absolute atomic E-state index is 12.3. The number of piperidine rings is 1. The molecule has 2 aromatic rings. The van der Waals surface area contributed by atoms with Crippen LogP contribution in [0.1, 0.15) is 33.6 Å². The number of rotatable bonds is 5. The highest BCUT2D eigenvalue weighted by Crippen LogP contribution is 2.23. The molecular weight excluding hydrogens is 318 g/mol. The highest BCUT2D eigenvalue weighted by molar-refractivity contribution is 5.75. The Labute approximate surface area is 147 Å². The maximum atomic E-state index is 12.3. The molecule has 0 aliphatic carbocycles. The summed E-state index contributed by atoms with van der Waals surface area (Å²) in [4.78, 5) is 27.0. The van der Waals surface area contributed by atoms with Gasteiger partial charge in [-0.15, -0.1) is 5.10 Å². The van der Waals surface area contributed by atoms with Gasteiger partial charge in [0.25, 0.3) is 0 Å². The average molecular weight is 345 g/mol. The summed E-state index contributed by atoms with van der Waals surface area (Å²) >= 11 is 0. The second-order valence-electron chi connectivity index (χ2n) is 7.65. The number of pyridine rings is 1. The molecule has 0 saturated carbocycles. The van der Waals surface area contributed by atoms with Crippen molar-refractivity contribution in [2.75, 3.05) is 19.6 Å². The van der Waals surface area contributed by atoms with Crippen molar-refractivity contribution in [1.82, 2.24) is 24.4 Å². The van der Waals surface area contributed by atoms with Crippen LogP contribution in [0.15, 0.2) is 29.2 Å². The Kier molecular flexibility index (Phi) is 4.94. The van der Waals surface area contributed by atoms with E-state index >= 15 is 0 Å². The second-order valence-corrected chi connectivity index (χ2v) is 7.65. The number of nitrogens with zero attached hydrogens (tertiary/aromatic N) is 4. The lowest BCUT2D eigenvalue weighted by Crippen LogP contribution is -2.55. The Bertz CT molecular complexity index is 807. The van der Waals surface area contributed by atoms with Crippen LogP contribution in [0, 0.1) is 5.92 Å². The van der Waals surface area contributed by atoms with Crippen LogP contribution in [0.3, 0.4) is 0 Å². The standard InChI is InChI=1S/C18H27N5O2/c1-14-7-6-9-21(11-14)18(2,3)13-19-16(24)12-23-17(25)22-10-5-4-8-15(22)20-23/h4-5,8,10,14H,6-7,9,11-13H2,1-3H3,(H,19,24). The quantitative estimate of drug-likeness (QED) is 0.882. The van der Waals surface area contributed by atoms with Gasteiger partial charge in [0.15, 0.2) is 5.65 Å². The molecule has 1 aliphatic heterocycles. The molecule has 1 fully saturated rings. The van der Waals surface area contributed by atoms with Crippen molar-refractivity contribution in [1.29, 1.82) is 0 Å². The molecule has 136 valence electrons. The summed E-state index contributed by atoms with van der Waals surface area (Å²) < 4.78 is 2.65. The summed E-state index contributed by atoms with van der Waals surface area (Å²) in [6.07, 6.45) is 4.13. The van der Waals surface area contributed by atoms with Crippen molar-refractivity contribution in [3.05, 3.63) is 34.9 Å². The van der Waals surface area contributed by atoms with Crippen molar-refractivity contribution in [2.45, 2.75) is 45.7 Å². The number of fused-ring (bicyclic) bond motifs is 1. The summed E-state index contributed by atoms with van der Waals surface area (Å²) in [6, 6.07) is 5.33. The molecule has 0 bridgehead atoms. The number of hydrogen-bond donors (Lipinski definition) is 1. The fourth-order valence-electron chi connectivity index (χ4n) is 3.43. The van der Waals surface area contributed by atoms with E-state index in [2.05, 4.69) is 36.1 Å². The van der Waals surface area contributed by atoms with Gasteiger partial charge in [-0.3, -0.25) is 14.1 Å². The molecule has 2 aromatic heterocycles. The molecule has 1 saturated heterocycles. The number of likely N-dealkylation sites (tertiary alicyclic amines) is 1. The normalized spacial score (nSPS) is 19.2. The van der Waals surface area contributed by atoms with Gasteiger partial charge < -0.3 is 5.32 Å². The van der Waals surface area contributed by atoms with Crippen LogP contribution in [0.5, 0.6) is 0 Å². The van der Waals surface area contributed by atoms with E-state index in [0.29, 0.717) is 18.1 Å². The lowest BCUT2D eigenvalue weighted by Gasteiger charge is -2.43. The smallest absolute Gasteiger partial charge is 0.350 e. The fraction of sp³-hybridized carbons (Fsp3) is 0.611. The van der Waals surface area contributed by atoms with E-state index in [1.165, 1.54) is 21.9 Å². The molecular formula is C18H27N5O2. The fourth-order valence-corrected chi connectivity index (χ4v) is 3.43. The van der Waals surface area contributed by atoms with Gasteiger partial charge in [0, 0.05) is 24.8 Å². The van der Waals surface area contributed by atoms with Crippen LogP contribution in [0.2, 0.25) is 0 Å². The second kappa shape index (κ2) is 7.00. The van der Waals surface area contributed by atoms with Crippen molar-refractivity contribution >= 4 is 11.6 Å². The highest BCUT2D eigenvalue weighted by Gasteiger charge is 2.30. The van der Waals surface area contributed by atoms with Crippen molar-refractivity contribution in [3.63, 3.8) is 0 Å². The molecule has 0 aromatic carbocycles. The zero-order valence-corrected chi connectivity index (χ0v) is 15.2. The number of carbonyl (C=O) groups excluding carboxylic acids is 1. The summed E-state index contributed by atoms with van der Waals surface area (Å²) in [5.74, 6) is 0.504. The number of hydrogen-bond acceptors (Lipinski definition) is 4. The van der Waals surface area contributed by atoms with Crippen LogP contribution < -0.4 is 11.0 Å². The maximum Gasteiger partial charge on any atom is 0.350 e. The number of nitrogens with one attached hydrogen (secondary N) is 1. The van der Waals surface area contributed by atoms with Gasteiger partial charge in [-0.1, -0.05) is 13.0 Å². The van der Waals surface area contributed by atoms with Crippen molar-refractivity contribution < 1.29 is 4.79 Å². The Morgan fingerprint density at radius 3 is 2.92 bits per heavy atom. The van der Waals surface area contributed by atoms with Crippen LogP contribution >= 0.6 is 0 Å². The van der Waals surface area contributed by atoms with Gasteiger partial charge in [-0.05, 0) is 51.3 Å². The van der Waals surface area contributed by atoms with Crippen LogP contribution in [-0.4, -0.2) is 50.2 Å². The van der Waals surface area contributed by atoms with Gasteiger partial charge in [-0.2, -0.15) is 0 Å². The van der Waals surface area contributed by atoms with Gasteiger partial charge in [0.05, 0.1) is 0 Å². The molecule has 7 heteroatoms. The van der Waals surface area contributed by atoms with E-state index < -0.39 is 0 Å². The topological polar surface area (TPSA) is 71.6 Å². The number of carbonyl (C=O) groups is 1. The minimum atomic E-state index is -0.296. The number of aromatic nitrogens is 3. The molecule has 0 radical (unpaired) electrons. The average Bonchev–Trinajstić information content (AvgIpc) is 2.89. The number of amides is 1. The monoisotopic (exact) mass is 345 g/mol. The zero-order valence-electron chi connectivity index (χ0n) is 15.2. The lowest BCUT2D eigenvalue weighted by molar-refractivity contribution is -0.122. The van der Waals surface area contributed by atoms with Crippen LogP contribution in [-0.2, 0) is 11.3 Å². The van der Waals surface area contributed by atoms with Gasteiger partial charge in [-0.25, -0.2) is 9.48 Å². The molecule has 1 unspecified atom stereocenters. The minimum Gasteiger partial charge on any atom is -0.353 e. The highest BCUT2D eigenvalue weighted by atomic mass is 16.2. The van der Waals surface area contributed by atoms with E-state index in [1.54, 1.807) is 18.3 Å². The summed E-state index contributed by atoms with van der Waals surface area (Å²) in [6.45, 7) is 9.21. The molecule has 7 nitrogen and oxygen atoms in total. The van der Waals surface area contributed by atoms with Crippen LogP contribution in [0.4, 0.5) is 0 Å². The summed E-state index contributed by atoms with van der Waals surface area (Å²) in [7, 11) is 0. The largest absolute Gasteiger partial charge is 0.353 e. The Morgan fingerprint density at radius 2 is 2.20 bits per heavy atom. The first kappa shape index (κ1) is 17.7. The van der Waals surface area contributed by atoms with E-state index in [9.17, 15) is 9.59 Å². The Hall–Kier alpha value is -2.15. The molecule has 3 rings (SSSR count). The zero-order chi connectivity index (χ0) is 18.0. The van der Waals surface area contributed by atoms with E-state index in [1.807, 2.05) is 6.07 Å². The van der Waals surface area contributed by atoms with Gasteiger partial charge in [0.1, 0.15) is 6.54 Å². The third-order valence-corrected chi connectivity index (χ3v) is 5.01. The molecule has 1 atom stereocenters. The first-order valence-corrected chi connectivity index (χ1v) is 8.93. The minimum absolute atomic E-state index is 0.0625. The predicted molar refractivity (Wildman–Crippen MR) is 96.5 cm³/mol. The molecule has 0 spiro atoms. The first-order chi connectivity index (χ1) is 11.9. The molecule has 1 amide bonds. The van der Waals surface area contributed by atoms with Crippen molar-refractivity contribution in [2.24, 2.45) is 5.92 Å². The van der Waals surface area contributed by atoms with Crippen molar-refractivity contribution in [3.8, 4) is 0 Å². The molecule has 1 aliphatic rings. The Balaban J connectivity index is 1.60. The molecule has 3 heterocycles.